The summed E-state index contributed by atoms with van der Waals surface area (Å²) in [5, 5.41) is 14.1. The first-order valence-corrected chi connectivity index (χ1v) is 33.3. The molecule has 1 amide bonds. The molecule has 0 heterocycles. The van der Waals surface area contributed by atoms with Crippen LogP contribution in [0.15, 0.2) is 36.5 Å². The summed E-state index contributed by atoms with van der Waals surface area (Å²) >= 11 is 0. The minimum Gasteiger partial charge on any atom is -0.756 e. The average Bonchev–Trinajstić information content (AvgIpc) is 3.35. The molecular weight excluding hydrogens is 924 g/mol. The lowest BCUT2D eigenvalue weighted by atomic mass is 10.0. The molecular formula is C64H125N2O6P. The normalized spacial score (nSPS) is 14.0. The second kappa shape index (κ2) is 55.5. The number of allylic oxidation sites excluding steroid dienone is 6. The van der Waals surface area contributed by atoms with Crippen molar-refractivity contribution in [3.8, 4) is 0 Å². The number of hydrogen-bond donors (Lipinski definition) is 2. The molecule has 0 bridgehead atoms. The van der Waals surface area contributed by atoms with E-state index in [1.165, 1.54) is 225 Å². The van der Waals surface area contributed by atoms with Crippen molar-refractivity contribution in [2.45, 2.75) is 328 Å². The number of amides is 1. The fourth-order valence-electron chi connectivity index (χ4n) is 9.64. The molecule has 3 unspecified atom stereocenters. The van der Waals surface area contributed by atoms with Gasteiger partial charge in [0.2, 0.25) is 5.91 Å². The first kappa shape index (κ1) is 71.7. The van der Waals surface area contributed by atoms with Gasteiger partial charge in [-0.25, -0.2) is 0 Å². The molecule has 0 rings (SSSR count). The summed E-state index contributed by atoms with van der Waals surface area (Å²) in [6, 6.07) is -0.810. The monoisotopic (exact) mass is 1050 g/mol. The molecule has 0 saturated carbocycles. The molecule has 9 heteroatoms. The van der Waals surface area contributed by atoms with Gasteiger partial charge in [-0.1, -0.05) is 294 Å². The van der Waals surface area contributed by atoms with Crippen molar-refractivity contribution in [1.82, 2.24) is 5.32 Å². The Morgan fingerprint density at radius 3 is 1.15 bits per heavy atom. The number of phosphoric acid groups is 1. The van der Waals surface area contributed by atoms with Crippen LogP contribution in [0.4, 0.5) is 0 Å². The number of rotatable bonds is 59. The van der Waals surface area contributed by atoms with Crippen LogP contribution in [0.1, 0.15) is 316 Å². The number of aliphatic hydroxyl groups excluding tert-OH is 1. The number of hydrogen-bond acceptors (Lipinski definition) is 6. The van der Waals surface area contributed by atoms with E-state index in [4.69, 9.17) is 9.05 Å². The van der Waals surface area contributed by atoms with E-state index >= 15 is 0 Å². The number of nitrogens with one attached hydrogen (secondary N) is 1. The van der Waals surface area contributed by atoms with E-state index in [9.17, 15) is 19.4 Å². The minimum atomic E-state index is -4.58. The van der Waals surface area contributed by atoms with Crippen LogP contribution in [-0.2, 0) is 18.4 Å². The van der Waals surface area contributed by atoms with Crippen molar-refractivity contribution in [2.24, 2.45) is 0 Å². The van der Waals surface area contributed by atoms with Crippen LogP contribution >= 0.6 is 7.82 Å². The minimum absolute atomic E-state index is 0.00940. The van der Waals surface area contributed by atoms with E-state index in [1.54, 1.807) is 0 Å². The maximum absolute atomic E-state index is 13.0. The molecule has 0 aliphatic heterocycles. The second-order valence-corrected chi connectivity index (χ2v) is 24.5. The van der Waals surface area contributed by atoms with E-state index in [0.717, 1.165) is 64.2 Å². The third kappa shape index (κ3) is 58.2. The summed E-state index contributed by atoms with van der Waals surface area (Å²) in [4.78, 5) is 25.6. The predicted octanol–water partition coefficient (Wildman–Crippen LogP) is 19.1. The third-order valence-electron chi connectivity index (χ3n) is 14.6. The van der Waals surface area contributed by atoms with E-state index in [1.807, 2.05) is 21.1 Å². The van der Waals surface area contributed by atoms with Crippen molar-refractivity contribution >= 4 is 13.7 Å². The van der Waals surface area contributed by atoms with Crippen LogP contribution in [-0.4, -0.2) is 68.5 Å². The van der Waals surface area contributed by atoms with Crippen LogP contribution in [0.3, 0.4) is 0 Å². The van der Waals surface area contributed by atoms with E-state index in [-0.39, 0.29) is 19.1 Å². The number of nitrogens with zero attached hydrogens (tertiary/aromatic N) is 1. The summed E-state index contributed by atoms with van der Waals surface area (Å²) < 4.78 is 23.5. The van der Waals surface area contributed by atoms with Gasteiger partial charge in [-0.15, -0.1) is 0 Å². The lowest BCUT2D eigenvalue weighted by Gasteiger charge is -2.30. The van der Waals surface area contributed by atoms with E-state index in [2.05, 4.69) is 55.6 Å². The number of phosphoric ester groups is 1. The largest absolute Gasteiger partial charge is 0.756 e. The molecule has 0 aliphatic rings. The Bertz CT molecular complexity index is 1280. The van der Waals surface area contributed by atoms with Gasteiger partial charge in [-0.05, 0) is 51.4 Å². The number of carbonyl (C=O) groups is 1. The van der Waals surface area contributed by atoms with Crippen LogP contribution in [0.25, 0.3) is 0 Å². The third-order valence-corrected chi connectivity index (χ3v) is 15.6. The molecule has 0 spiro atoms. The predicted molar refractivity (Wildman–Crippen MR) is 316 cm³/mol. The van der Waals surface area contributed by atoms with E-state index < -0.39 is 20.0 Å². The Morgan fingerprint density at radius 1 is 0.479 bits per heavy atom. The topological polar surface area (TPSA) is 108 Å². The first-order valence-electron chi connectivity index (χ1n) is 31.8. The zero-order chi connectivity index (χ0) is 53.5. The van der Waals surface area contributed by atoms with Gasteiger partial charge in [0.05, 0.1) is 39.9 Å². The molecule has 0 aliphatic carbocycles. The zero-order valence-electron chi connectivity index (χ0n) is 49.4. The molecule has 0 aromatic carbocycles. The highest BCUT2D eigenvalue weighted by Gasteiger charge is 2.24. The van der Waals surface area contributed by atoms with Gasteiger partial charge < -0.3 is 28.8 Å². The number of unbranched alkanes of at least 4 members (excludes halogenated alkanes) is 40. The molecule has 432 valence electrons. The van der Waals surface area contributed by atoms with Crippen molar-refractivity contribution in [1.29, 1.82) is 0 Å². The van der Waals surface area contributed by atoms with Crippen molar-refractivity contribution < 1.29 is 32.9 Å². The Morgan fingerprint density at radius 2 is 0.795 bits per heavy atom. The molecule has 0 aromatic heterocycles. The summed E-state index contributed by atoms with van der Waals surface area (Å²) in [7, 11) is 1.30. The summed E-state index contributed by atoms with van der Waals surface area (Å²) in [6.07, 6.45) is 72.0. The van der Waals surface area contributed by atoms with Crippen LogP contribution < -0.4 is 10.2 Å². The van der Waals surface area contributed by atoms with Gasteiger partial charge >= 0.3 is 0 Å². The molecule has 3 atom stereocenters. The molecule has 0 radical (unpaired) electrons. The van der Waals surface area contributed by atoms with Crippen LogP contribution in [0.5, 0.6) is 0 Å². The fraction of sp³-hybridized carbons (Fsp3) is 0.891. The average molecular weight is 1050 g/mol. The summed E-state index contributed by atoms with van der Waals surface area (Å²) in [5.74, 6) is -0.173. The summed E-state index contributed by atoms with van der Waals surface area (Å²) in [5.41, 5.74) is 0. The Kier molecular flexibility index (Phi) is 54.5. The molecule has 0 fully saturated rings. The highest BCUT2D eigenvalue weighted by Crippen LogP contribution is 2.38. The lowest BCUT2D eigenvalue weighted by Crippen LogP contribution is -2.46. The molecule has 0 aromatic rings. The molecule has 73 heavy (non-hydrogen) atoms. The number of aliphatic hydroxyl groups is 1. The number of likely N-dealkylation sites (N-methyl/N-ethyl adjacent to an activating group) is 1. The maximum atomic E-state index is 13.0. The van der Waals surface area contributed by atoms with Crippen LogP contribution in [0, 0.1) is 0 Å². The Labute approximate surface area is 455 Å². The van der Waals surface area contributed by atoms with Crippen molar-refractivity contribution in [2.75, 3.05) is 40.9 Å². The van der Waals surface area contributed by atoms with Crippen LogP contribution in [0.2, 0.25) is 0 Å². The number of quaternary nitrogens is 1. The fourth-order valence-corrected chi connectivity index (χ4v) is 10.4. The van der Waals surface area contributed by atoms with Crippen molar-refractivity contribution in [3.63, 3.8) is 0 Å². The SMILES string of the molecule is CCCCCCC/C=C\C/C=C\C/C=C\CCCCCCCCC(=O)NC(COP(=O)([O-])OCC[N+](C)(C)C)C(O)CCCCCCCCCCCCCCCCCCCCCCCCCCCCCCCC. The van der Waals surface area contributed by atoms with Crippen molar-refractivity contribution in [3.05, 3.63) is 36.5 Å². The highest BCUT2D eigenvalue weighted by molar-refractivity contribution is 7.45. The summed E-state index contributed by atoms with van der Waals surface area (Å²) in [6.45, 7) is 4.74. The lowest BCUT2D eigenvalue weighted by molar-refractivity contribution is -0.870. The maximum Gasteiger partial charge on any atom is 0.268 e. The Hall–Kier alpha value is -1.28. The van der Waals surface area contributed by atoms with Gasteiger partial charge in [0.1, 0.15) is 13.2 Å². The van der Waals surface area contributed by atoms with Gasteiger partial charge in [0, 0.05) is 6.42 Å². The highest BCUT2D eigenvalue weighted by atomic mass is 31.2. The van der Waals surface area contributed by atoms with Gasteiger partial charge in [-0.2, -0.15) is 0 Å². The smallest absolute Gasteiger partial charge is 0.268 e. The zero-order valence-corrected chi connectivity index (χ0v) is 50.3. The molecule has 2 N–H and O–H groups in total. The quantitative estimate of drug-likeness (QED) is 0.0272. The number of carbonyl (C=O) groups excluding carboxylic acids is 1. The van der Waals surface area contributed by atoms with Gasteiger partial charge in [-0.3, -0.25) is 9.36 Å². The second-order valence-electron chi connectivity index (χ2n) is 23.1. The molecule has 0 saturated heterocycles. The van der Waals surface area contributed by atoms with Gasteiger partial charge in [0.15, 0.2) is 0 Å². The van der Waals surface area contributed by atoms with Gasteiger partial charge in [0.25, 0.3) is 7.82 Å². The Balaban J connectivity index is 4.09. The first-order chi connectivity index (χ1) is 35.5. The molecule has 8 nitrogen and oxygen atoms in total. The van der Waals surface area contributed by atoms with E-state index in [0.29, 0.717) is 23.9 Å². The standard InChI is InChI=1S/C64H125N2O6P/c1-6-8-10-12-14-16-18-20-22-24-26-28-29-30-31-32-33-34-35-36-38-39-41-43-45-47-49-51-53-55-57-63(67)62(61-72-73(69,70)71-60-59-66(3,4)5)65-64(68)58-56-54-52-50-48-46-44-42-40-37-27-25-23-21-19-17-15-13-11-9-7-2/h19,21,25,27,40,42,62-63,67H,6-18,20,22-24,26,28-39,41,43-61H2,1-5H3,(H-,65,68,69,70)/b21-19-,27-25-,42-40-.